The van der Waals surface area contributed by atoms with Gasteiger partial charge in [-0.25, -0.2) is 0 Å². The minimum Gasteiger partial charge on any atom is -0.508 e. The molecule has 7 aromatic rings. The maximum Gasteiger partial charge on any atom is 0.309 e. The first kappa shape index (κ1) is 90.2. The average Bonchev–Trinajstić information content (AvgIpc) is 1.58. The number of phenolic OH excluding ortho intramolecular Hbond substituents is 1. The quantitative estimate of drug-likeness (QED) is 0.00825. The van der Waals surface area contributed by atoms with Gasteiger partial charge in [0.25, 0.3) is 0 Å². The second-order valence-electron chi connectivity index (χ2n) is 31.6. The van der Waals surface area contributed by atoms with Gasteiger partial charge in [0.1, 0.15) is 54.5 Å². The van der Waals surface area contributed by atoms with E-state index in [0.717, 1.165) is 39.9 Å². The van der Waals surface area contributed by atoms with Crippen molar-refractivity contribution in [3.05, 3.63) is 239 Å². The molecule has 8 amide bonds. The number of fused-ring (bicyclic) bond motifs is 7. The number of anilines is 1. The number of nitrogens with zero attached hydrogens (tertiary/aromatic N) is 2. The zero-order valence-corrected chi connectivity index (χ0v) is 69.7. The number of aromatic hydroxyl groups is 1. The van der Waals surface area contributed by atoms with Gasteiger partial charge in [0.2, 0.25) is 47.3 Å². The largest absolute Gasteiger partial charge is 0.508 e. The summed E-state index contributed by atoms with van der Waals surface area (Å²) in [5.41, 5.74) is 14.3. The van der Waals surface area contributed by atoms with Gasteiger partial charge in [-0.1, -0.05) is 172 Å². The average molecular weight is 1660 g/mol. The first-order chi connectivity index (χ1) is 57.1. The summed E-state index contributed by atoms with van der Waals surface area (Å²) in [4.78, 5) is 134. The van der Waals surface area contributed by atoms with E-state index in [0.29, 0.717) is 40.6 Å². The number of aliphatic hydroxyl groups is 3. The monoisotopic (exact) mass is 1660 g/mol. The topological polar surface area (TPSA) is 399 Å². The molecule has 3 aliphatic rings. The van der Waals surface area contributed by atoms with Crippen LogP contribution in [-0.4, -0.2) is 198 Å². The Kier molecular flexibility index (Phi) is 31.8. The first-order valence-corrected chi connectivity index (χ1v) is 41.6. The number of benzene rings is 6. The molecule has 26 nitrogen and oxygen atoms in total. The lowest BCUT2D eigenvalue weighted by Crippen LogP contribution is -2.62. The number of allylic oxidation sites excluding steroid dienone is 9. The van der Waals surface area contributed by atoms with Gasteiger partial charge >= 0.3 is 5.97 Å². The molecule has 1 aromatic heterocycles. The van der Waals surface area contributed by atoms with Crippen molar-refractivity contribution in [2.45, 2.75) is 177 Å². The lowest BCUT2D eigenvalue weighted by atomic mass is 9.69. The molecular formula is C91H111N12O14S2+. The first-order valence-electron chi connectivity index (χ1n) is 40.4. The van der Waals surface area contributed by atoms with Gasteiger partial charge in [-0.2, -0.15) is 29.8 Å². The summed E-state index contributed by atoms with van der Waals surface area (Å²) in [7, 11) is 0. The molecule has 12 atom stereocenters. The predicted octanol–water partition coefficient (Wildman–Crippen LogP) is 6.65. The van der Waals surface area contributed by atoms with Gasteiger partial charge in [-0.15, -0.1) is 0 Å². The minimum absolute atomic E-state index is 0.00218. The molecule has 16 N–H and O–H groups in total. The van der Waals surface area contributed by atoms with Crippen LogP contribution in [-0.2, 0) is 74.2 Å². The van der Waals surface area contributed by atoms with Crippen molar-refractivity contribution in [1.82, 2.24) is 47.5 Å². The number of nitrogens with one attached hydrogen (secondary N) is 9. The van der Waals surface area contributed by atoms with Crippen molar-refractivity contribution >= 4 is 112 Å². The lowest BCUT2D eigenvalue weighted by Gasteiger charge is -2.32. The van der Waals surface area contributed by atoms with Crippen molar-refractivity contribution in [3.63, 3.8) is 0 Å². The van der Waals surface area contributed by atoms with Crippen LogP contribution in [0.4, 0.5) is 5.69 Å². The highest BCUT2D eigenvalue weighted by Crippen LogP contribution is 2.52. The predicted molar refractivity (Wildman–Crippen MR) is 467 cm³/mol. The molecule has 0 fully saturated rings. The van der Waals surface area contributed by atoms with Crippen molar-refractivity contribution in [2.75, 3.05) is 42.6 Å². The molecule has 0 spiro atoms. The molecule has 6 aromatic carbocycles. The number of hydrogen-bond donors (Lipinski definition) is 17. The molecule has 0 bridgehead atoms. The maximum absolute atomic E-state index is 15.2. The number of nitrogens with two attached hydrogens (primary N) is 1. The molecule has 28 heteroatoms. The SMILES string of the molecule is C[C@@H](O)[C@H](NC(=O)[C@H](CCCCN)NC(=O)[C@@H](Cc1c[nH]c2ccccc12)NC(=O)[C@H](Cc1ccc(O)cc1)NC(=O)[C@H](CS)NC(=O)[C@@H](Cc1ccccc1)NC(=O)CCN1c2ccc3ccccc3c2C(C)(C)C1/C=C/C=C/C=C/C=C/C1=[N+](CCC(=O)O)C2=CCc3ccccc3C2C1(C)C)C(=O)N[C@@H](CS)C(=O)N[C@H](CO)[C@@H](C)O. The van der Waals surface area contributed by atoms with Gasteiger partial charge in [0.05, 0.1) is 42.2 Å². The van der Waals surface area contributed by atoms with E-state index in [1.165, 1.54) is 49.2 Å². The number of rotatable bonds is 41. The Bertz CT molecular complexity index is 4980. The highest BCUT2D eigenvalue weighted by molar-refractivity contribution is 7.80. The number of aromatic nitrogens is 1. The number of hydrogen-bond acceptors (Lipinski definition) is 17. The number of carboxylic acids is 1. The number of aromatic amines is 1. The zero-order chi connectivity index (χ0) is 85.7. The van der Waals surface area contributed by atoms with Crippen LogP contribution in [0.25, 0.3) is 21.7 Å². The summed E-state index contributed by atoms with van der Waals surface area (Å²) in [6.07, 6.45) is 18.1. The number of carbonyl (C=O) groups is 9. The normalized spacial score (nSPS) is 17.9. The fraction of sp³-hybridized carbons (Fsp3) is 0.385. The molecule has 630 valence electrons. The molecular weight excluding hydrogens is 1550 g/mol. The molecule has 10 rings (SSSR count). The molecule has 2 unspecified atom stereocenters. The van der Waals surface area contributed by atoms with Crippen molar-refractivity contribution in [1.29, 1.82) is 0 Å². The van der Waals surface area contributed by atoms with Crippen LogP contribution in [0.1, 0.15) is 113 Å². The molecule has 0 saturated heterocycles. The molecule has 0 saturated carbocycles. The number of amides is 8. The van der Waals surface area contributed by atoms with Gasteiger partial charge in [0.15, 0.2) is 18.0 Å². The van der Waals surface area contributed by atoms with Crippen LogP contribution in [0.2, 0.25) is 0 Å². The molecule has 2 aliphatic heterocycles. The Morgan fingerprint density at radius 2 is 1.15 bits per heavy atom. The van der Waals surface area contributed by atoms with E-state index >= 15 is 9.59 Å². The van der Waals surface area contributed by atoms with Crippen LogP contribution < -0.4 is 53.2 Å². The number of phenols is 1. The summed E-state index contributed by atoms with van der Waals surface area (Å²) >= 11 is 8.74. The van der Waals surface area contributed by atoms with Crippen LogP contribution in [0, 0.1) is 5.41 Å². The van der Waals surface area contributed by atoms with Crippen molar-refractivity contribution in [3.8, 4) is 5.75 Å². The third-order valence-electron chi connectivity index (χ3n) is 22.4. The summed E-state index contributed by atoms with van der Waals surface area (Å²) in [6.45, 7) is 11.6. The van der Waals surface area contributed by atoms with E-state index in [2.05, 4.69) is 177 Å². The number of carbonyl (C=O) groups excluding carboxylic acids is 8. The standard InChI is InChI=1S/C91H110N12O14S2/c1-55(105)71(52-104)98-88(116)73(54-119)100-89(117)82(56(2)106)101-83(111)67(32-22-23-45-92)95-86(114)70(50-61-51-93-66-31-21-20-28-63(61)66)97-85(113)69(49-58-35-39-62(107)40-36-58)96-87(115)72(53-118)99-84(112)68(48-57-24-12-11-13-25-57)94-78(108)43-46-102-74-41-37-59-26-16-18-29-64(59)80(74)90(3,4)76(102)33-14-9-7-8-10-15-34-77-91(5,6)81-65-30-19-17-27-60(65)38-42-75(81)103(77)47-44-79(109)110/h7-21,24-31,33-37,39-42,51,55-56,67-73,76,81-82,93,104-106H,22-23,32,38,43-50,52-54,92H2,1-6H3,(H11-,94,95,96,97,98,99,100,101,107,108,109,110,111,112,113,114,115,116,117,118,119)/p+1/b9-7+,10-8+,33-14+,34-15+/t55-,56-,67+,68-,69+,70-,71-,72+,73+,76?,81?,82+/m1/s1. The Morgan fingerprint density at radius 1 is 0.588 bits per heavy atom. The third kappa shape index (κ3) is 22.8. The molecule has 0 radical (unpaired) electrons. The van der Waals surface area contributed by atoms with Crippen molar-refractivity contribution < 1.29 is 73.3 Å². The van der Waals surface area contributed by atoms with Crippen LogP contribution in [0.15, 0.2) is 206 Å². The summed E-state index contributed by atoms with van der Waals surface area (Å²) < 4.78 is 2.18. The number of carboxylic acid groups (broad SMARTS) is 1. The van der Waals surface area contributed by atoms with Gasteiger partial charge in [0, 0.05) is 78.0 Å². The van der Waals surface area contributed by atoms with E-state index in [9.17, 15) is 59.1 Å². The summed E-state index contributed by atoms with van der Waals surface area (Å²) in [6, 6.07) is 31.4. The number of unbranched alkanes of at least 4 members (excludes halogenated alkanes) is 1. The van der Waals surface area contributed by atoms with Gasteiger partial charge in [-0.05, 0) is 134 Å². The highest BCUT2D eigenvalue weighted by atomic mass is 32.1. The number of aliphatic carboxylic acids is 1. The van der Waals surface area contributed by atoms with Crippen molar-refractivity contribution in [2.24, 2.45) is 11.1 Å². The number of H-pyrrole nitrogens is 1. The Morgan fingerprint density at radius 3 is 1.81 bits per heavy atom. The third-order valence-corrected chi connectivity index (χ3v) is 23.1. The van der Waals surface area contributed by atoms with Gasteiger partial charge in [-0.3, -0.25) is 43.2 Å². The fourth-order valence-corrected chi connectivity index (χ4v) is 16.6. The van der Waals surface area contributed by atoms with E-state index in [-0.39, 0.29) is 92.7 Å². The Hall–Kier alpha value is -11.1. The molecule has 1 aliphatic carbocycles. The highest BCUT2D eigenvalue weighted by Gasteiger charge is 2.54. The lowest BCUT2D eigenvalue weighted by molar-refractivity contribution is -0.472. The smallest absolute Gasteiger partial charge is 0.309 e. The number of para-hydroxylation sites is 1. The molecule has 119 heavy (non-hydrogen) atoms. The minimum atomic E-state index is -1.71. The second-order valence-corrected chi connectivity index (χ2v) is 32.4. The van der Waals surface area contributed by atoms with E-state index < -0.39 is 126 Å². The number of thiol groups is 2. The van der Waals surface area contributed by atoms with E-state index in [1.807, 2.05) is 85.0 Å². The number of aliphatic hydroxyl groups excluding tert-OH is 3. The summed E-state index contributed by atoms with van der Waals surface area (Å²) in [5, 5.41) is 75.2. The Balaban J connectivity index is 0.854. The maximum atomic E-state index is 15.2. The fourth-order valence-electron chi connectivity index (χ4n) is 16.1. The second kappa shape index (κ2) is 42.0. The van der Waals surface area contributed by atoms with Crippen LogP contribution in [0.3, 0.4) is 0 Å². The Labute approximate surface area is 704 Å². The van der Waals surface area contributed by atoms with E-state index in [4.69, 9.17) is 5.73 Å². The van der Waals surface area contributed by atoms with Gasteiger partial charge < -0.3 is 83.7 Å². The summed E-state index contributed by atoms with van der Waals surface area (Å²) in [5.74, 6) is -8.01. The molecule has 3 heterocycles. The zero-order valence-electron chi connectivity index (χ0n) is 67.9. The van der Waals surface area contributed by atoms with E-state index in [1.54, 1.807) is 24.4 Å². The van der Waals surface area contributed by atoms with Crippen LogP contribution in [0.5, 0.6) is 5.75 Å². The van der Waals surface area contributed by atoms with Crippen LogP contribution >= 0.6 is 25.3 Å².